The van der Waals surface area contributed by atoms with Crippen molar-refractivity contribution in [2.75, 3.05) is 70.5 Å². The lowest BCUT2D eigenvalue weighted by atomic mass is 10.3. The summed E-state index contributed by atoms with van der Waals surface area (Å²) >= 11 is 1.76. The van der Waals surface area contributed by atoms with Crippen LogP contribution in [0.4, 0.5) is 5.13 Å². The summed E-state index contributed by atoms with van der Waals surface area (Å²) in [6.07, 6.45) is 0. The highest BCUT2D eigenvalue weighted by atomic mass is 32.2. The minimum absolute atomic E-state index is 0.517. The van der Waals surface area contributed by atoms with Crippen molar-refractivity contribution in [3.8, 4) is 0 Å². The molecule has 0 spiro atoms. The third-order valence-electron chi connectivity index (χ3n) is 5.22. The van der Waals surface area contributed by atoms with Gasteiger partial charge >= 0.3 is 0 Å². The molecule has 0 unspecified atom stereocenters. The Labute approximate surface area is 166 Å². The molecule has 3 heterocycles. The number of piperazine rings is 1. The summed E-state index contributed by atoms with van der Waals surface area (Å²) in [7, 11) is -3.33. The van der Waals surface area contributed by atoms with Gasteiger partial charge in [-0.25, -0.2) is 4.98 Å². The molecule has 0 aliphatic carbocycles. The molecule has 27 heavy (non-hydrogen) atoms. The van der Waals surface area contributed by atoms with Crippen molar-refractivity contribution in [3.63, 3.8) is 0 Å². The number of morpholine rings is 1. The highest BCUT2D eigenvalue weighted by Crippen LogP contribution is 2.28. The van der Waals surface area contributed by atoms with E-state index in [9.17, 15) is 8.42 Å². The first-order valence-corrected chi connectivity index (χ1v) is 11.9. The lowest BCUT2D eigenvalue weighted by Crippen LogP contribution is -2.52. The number of hydrogen-bond donors (Lipinski definition) is 0. The first-order chi connectivity index (χ1) is 13.0. The van der Waals surface area contributed by atoms with Gasteiger partial charge in [0.15, 0.2) is 5.13 Å². The maximum Gasteiger partial charge on any atom is 0.282 e. The Balaban J connectivity index is 1.57. The summed E-state index contributed by atoms with van der Waals surface area (Å²) in [4.78, 5) is 10.6. The molecule has 0 bridgehead atoms. The Morgan fingerprint density at radius 3 is 2.30 bits per heavy atom. The monoisotopic (exact) mass is 417 g/mol. The van der Waals surface area contributed by atoms with Crippen LogP contribution in [0.25, 0.3) is 0 Å². The Bertz CT molecular complexity index is 706. The molecule has 1 aromatic heterocycles. The molecule has 0 radical (unpaired) electrons. The number of hydrogen-bond acceptors (Lipinski definition) is 7. The van der Waals surface area contributed by atoms with Crippen LogP contribution in [0, 0.1) is 6.92 Å². The van der Waals surface area contributed by atoms with Crippen molar-refractivity contribution >= 4 is 26.7 Å². The zero-order valence-electron chi connectivity index (χ0n) is 16.6. The summed E-state index contributed by atoms with van der Waals surface area (Å²) in [5.74, 6) is 0. The van der Waals surface area contributed by atoms with Crippen molar-refractivity contribution in [1.29, 1.82) is 0 Å². The topological polar surface area (TPSA) is 69.2 Å². The molecule has 2 saturated heterocycles. The molecule has 3 rings (SSSR count). The van der Waals surface area contributed by atoms with Gasteiger partial charge in [-0.3, -0.25) is 4.90 Å². The number of rotatable bonds is 7. The Morgan fingerprint density at radius 1 is 1.07 bits per heavy atom. The molecular formula is C17H31N5O3S2. The Morgan fingerprint density at radius 2 is 1.70 bits per heavy atom. The predicted octanol–water partition coefficient (Wildman–Crippen LogP) is 0.992. The molecule has 0 amide bonds. The first-order valence-electron chi connectivity index (χ1n) is 9.72. The average molecular weight is 418 g/mol. The molecule has 2 fully saturated rings. The van der Waals surface area contributed by atoms with Crippen LogP contribution in [0.15, 0.2) is 0 Å². The van der Waals surface area contributed by atoms with Gasteiger partial charge in [-0.1, -0.05) is 13.8 Å². The van der Waals surface area contributed by atoms with Gasteiger partial charge in [-0.15, -0.1) is 11.3 Å². The van der Waals surface area contributed by atoms with Crippen molar-refractivity contribution in [1.82, 2.24) is 18.5 Å². The van der Waals surface area contributed by atoms with Gasteiger partial charge in [-0.05, 0) is 6.92 Å². The van der Waals surface area contributed by atoms with E-state index in [1.54, 1.807) is 15.6 Å². The van der Waals surface area contributed by atoms with Crippen LogP contribution in [0.1, 0.15) is 24.4 Å². The van der Waals surface area contributed by atoms with Crippen molar-refractivity contribution < 1.29 is 13.2 Å². The molecule has 8 nitrogen and oxygen atoms in total. The highest BCUT2D eigenvalue weighted by Gasteiger charge is 2.31. The van der Waals surface area contributed by atoms with Crippen LogP contribution >= 0.6 is 11.3 Å². The van der Waals surface area contributed by atoms with E-state index < -0.39 is 10.2 Å². The number of anilines is 1. The van der Waals surface area contributed by atoms with Gasteiger partial charge < -0.3 is 9.64 Å². The van der Waals surface area contributed by atoms with E-state index >= 15 is 0 Å². The molecule has 2 aliphatic heterocycles. The molecule has 154 valence electrons. The largest absolute Gasteiger partial charge is 0.378 e. The normalized spacial score (nSPS) is 20.5. The summed E-state index contributed by atoms with van der Waals surface area (Å²) < 4.78 is 33.9. The lowest BCUT2D eigenvalue weighted by Gasteiger charge is -2.36. The van der Waals surface area contributed by atoms with Gasteiger partial charge in [-0.2, -0.15) is 17.0 Å². The minimum Gasteiger partial charge on any atom is -0.378 e. The van der Waals surface area contributed by atoms with Gasteiger partial charge in [0.25, 0.3) is 10.2 Å². The average Bonchev–Trinajstić information content (AvgIpc) is 3.04. The third-order valence-corrected chi connectivity index (χ3v) is 8.61. The zero-order chi connectivity index (χ0) is 19.4. The van der Waals surface area contributed by atoms with Crippen LogP contribution in [-0.2, 0) is 21.5 Å². The predicted molar refractivity (Wildman–Crippen MR) is 109 cm³/mol. The fraction of sp³-hybridized carbons (Fsp3) is 0.824. The fourth-order valence-electron chi connectivity index (χ4n) is 3.48. The second-order valence-corrected chi connectivity index (χ2v) is 9.86. The fourth-order valence-corrected chi connectivity index (χ4v) is 6.24. The third kappa shape index (κ3) is 4.80. The molecule has 1 aromatic rings. The van der Waals surface area contributed by atoms with Crippen LogP contribution in [0.3, 0.4) is 0 Å². The molecule has 0 aromatic carbocycles. The number of thiazole rings is 1. The van der Waals surface area contributed by atoms with E-state index in [0.717, 1.165) is 56.8 Å². The highest BCUT2D eigenvalue weighted by molar-refractivity contribution is 7.86. The van der Waals surface area contributed by atoms with Crippen LogP contribution < -0.4 is 4.90 Å². The molecular weight excluding hydrogens is 386 g/mol. The van der Waals surface area contributed by atoms with Crippen molar-refractivity contribution in [2.24, 2.45) is 0 Å². The molecule has 0 saturated carbocycles. The summed E-state index contributed by atoms with van der Waals surface area (Å²) in [6, 6.07) is 0. The second kappa shape index (κ2) is 9.15. The Kier molecular flexibility index (Phi) is 7.09. The van der Waals surface area contributed by atoms with Crippen LogP contribution in [0.5, 0.6) is 0 Å². The van der Waals surface area contributed by atoms with Crippen molar-refractivity contribution in [3.05, 3.63) is 10.6 Å². The SMILES string of the molecule is CCN(CC)S(=O)(=O)N1CCN(Cc2sc(N3CCOCC3)nc2C)CC1. The van der Waals surface area contributed by atoms with Crippen molar-refractivity contribution in [2.45, 2.75) is 27.3 Å². The Hall–Kier alpha value is -0.780. The van der Waals surface area contributed by atoms with E-state index in [1.165, 1.54) is 9.18 Å². The van der Waals surface area contributed by atoms with Gasteiger partial charge in [0, 0.05) is 63.8 Å². The van der Waals surface area contributed by atoms with E-state index in [4.69, 9.17) is 9.72 Å². The van der Waals surface area contributed by atoms with E-state index in [2.05, 4.69) is 16.7 Å². The number of ether oxygens (including phenoxy) is 1. The summed E-state index contributed by atoms with van der Waals surface area (Å²) in [5.41, 5.74) is 1.08. The van der Waals surface area contributed by atoms with Gasteiger partial charge in [0.2, 0.25) is 0 Å². The first kappa shape index (κ1) is 20.9. The van der Waals surface area contributed by atoms with E-state index in [0.29, 0.717) is 26.2 Å². The zero-order valence-corrected chi connectivity index (χ0v) is 18.2. The molecule has 10 heteroatoms. The number of aryl methyl sites for hydroxylation is 1. The second-order valence-electron chi connectivity index (χ2n) is 6.87. The van der Waals surface area contributed by atoms with Crippen LogP contribution in [-0.4, -0.2) is 92.5 Å². The molecule has 2 aliphatic rings. The summed E-state index contributed by atoms with van der Waals surface area (Å²) in [6.45, 7) is 13.6. The minimum atomic E-state index is -3.33. The van der Waals surface area contributed by atoms with Gasteiger partial charge in [0.05, 0.1) is 18.9 Å². The van der Waals surface area contributed by atoms with Gasteiger partial charge in [0.1, 0.15) is 0 Å². The quantitative estimate of drug-likeness (QED) is 0.659. The standard InChI is InChI=1S/C17H31N5O3S2/c1-4-21(5-2)27(23,24)22-8-6-19(7-9-22)14-16-15(3)18-17(26-16)20-10-12-25-13-11-20/h4-14H2,1-3H3. The lowest BCUT2D eigenvalue weighted by molar-refractivity contribution is 0.122. The molecule has 0 N–H and O–H groups in total. The summed E-state index contributed by atoms with van der Waals surface area (Å²) in [5, 5.41) is 1.08. The molecule has 0 atom stereocenters. The van der Waals surface area contributed by atoms with E-state index in [1.807, 2.05) is 13.8 Å². The maximum atomic E-state index is 12.7. The van der Waals surface area contributed by atoms with Crippen LogP contribution in [0.2, 0.25) is 0 Å². The number of nitrogens with zero attached hydrogens (tertiary/aromatic N) is 5. The van der Waals surface area contributed by atoms with E-state index in [-0.39, 0.29) is 0 Å². The maximum absolute atomic E-state index is 12.7. The smallest absolute Gasteiger partial charge is 0.282 e. The number of aromatic nitrogens is 1.